The number of hydrogen-bond donors (Lipinski definition) is 1. The molecule has 2 fully saturated rings. The number of nitrogens with one attached hydrogen (secondary N) is 1. The molecule has 0 unspecified atom stereocenters. The Morgan fingerprint density at radius 2 is 1.62 bits per heavy atom. The van der Waals surface area contributed by atoms with Gasteiger partial charge in [-0.05, 0) is 44.4 Å². The van der Waals surface area contributed by atoms with Crippen LogP contribution < -0.4 is 5.32 Å². The molecule has 1 spiro atoms. The molecule has 4 amide bonds. The van der Waals surface area contributed by atoms with Gasteiger partial charge in [0.1, 0.15) is 5.54 Å². The second-order valence-electron chi connectivity index (χ2n) is 8.09. The van der Waals surface area contributed by atoms with Crippen molar-refractivity contribution in [2.24, 2.45) is 0 Å². The SMILES string of the molecule is Cc1ccc(CN2C(=O)N[C@]3(CCCN(C(=O)c4ccc(C)cc4)C3)C2=O)cc1. The fourth-order valence-corrected chi connectivity index (χ4v) is 4.08. The Labute approximate surface area is 170 Å². The zero-order valence-corrected chi connectivity index (χ0v) is 16.8. The van der Waals surface area contributed by atoms with E-state index in [1.807, 2.05) is 50.2 Å². The first-order chi connectivity index (χ1) is 13.9. The fraction of sp³-hybridized carbons (Fsp3) is 0.348. The summed E-state index contributed by atoms with van der Waals surface area (Å²) in [6.45, 7) is 4.98. The highest BCUT2D eigenvalue weighted by molar-refractivity contribution is 6.07. The summed E-state index contributed by atoms with van der Waals surface area (Å²) in [6, 6.07) is 14.8. The number of benzene rings is 2. The Morgan fingerprint density at radius 1 is 1.00 bits per heavy atom. The van der Waals surface area contributed by atoms with Gasteiger partial charge in [0.25, 0.3) is 11.8 Å². The molecule has 29 heavy (non-hydrogen) atoms. The number of likely N-dealkylation sites (tertiary alicyclic amines) is 1. The van der Waals surface area contributed by atoms with Gasteiger partial charge in [0.15, 0.2) is 0 Å². The summed E-state index contributed by atoms with van der Waals surface area (Å²) in [7, 11) is 0. The van der Waals surface area contributed by atoms with Gasteiger partial charge in [-0.25, -0.2) is 4.79 Å². The number of imide groups is 1. The molecule has 1 N–H and O–H groups in total. The van der Waals surface area contributed by atoms with Crippen LogP contribution in [0, 0.1) is 13.8 Å². The lowest BCUT2D eigenvalue weighted by Gasteiger charge is -2.38. The highest BCUT2D eigenvalue weighted by Gasteiger charge is 2.53. The first kappa shape index (κ1) is 19.2. The van der Waals surface area contributed by atoms with Crippen LogP contribution in [0.4, 0.5) is 4.79 Å². The zero-order chi connectivity index (χ0) is 20.6. The van der Waals surface area contributed by atoms with Gasteiger partial charge in [0, 0.05) is 12.1 Å². The van der Waals surface area contributed by atoms with E-state index in [9.17, 15) is 14.4 Å². The van der Waals surface area contributed by atoms with Crippen LogP contribution in [0.1, 0.15) is 39.9 Å². The van der Waals surface area contributed by atoms with E-state index in [-0.39, 0.29) is 30.9 Å². The quantitative estimate of drug-likeness (QED) is 0.818. The minimum absolute atomic E-state index is 0.108. The van der Waals surface area contributed by atoms with Crippen LogP contribution in [0.25, 0.3) is 0 Å². The topological polar surface area (TPSA) is 69.7 Å². The Bertz CT molecular complexity index is 952. The predicted octanol–water partition coefficient (Wildman–Crippen LogP) is 3.03. The Kier molecular flexibility index (Phi) is 4.86. The number of carbonyl (C=O) groups excluding carboxylic acids is 3. The van der Waals surface area contributed by atoms with Crippen molar-refractivity contribution < 1.29 is 14.4 Å². The number of amides is 4. The van der Waals surface area contributed by atoms with Gasteiger partial charge in [-0.3, -0.25) is 14.5 Å². The molecule has 150 valence electrons. The Balaban J connectivity index is 1.52. The van der Waals surface area contributed by atoms with E-state index in [1.165, 1.54) is 4.90 Å². The molecule has 2 heterocycles. The van der Waals surface area contributed by atoms with E-state index in [0.717, 1.165) is 16.7 Å². The molecular formula is C23H25N3O3. The molecule has 0 bridgehead atoms. The molecule has 0 aromatic heterocycles. The van der Waals surface area contributed by atoms with E-state index in [2.05, 4.69) is 5.32 Å². The predicted molar refractivity (Wildman–Crippen MR) is 109 cm³/mol. The summed E-state index contributed by atoms with van der Waals surface area (Å²) >= 11 is 0. The highest BCUT2D eigenvalue weighted by Crippen LogP contribution is 2.30. The van der Waals surface area contributed by atoms with Crippen molar-refractivity contribution in [1.82, 2.24) is 15.1 Å². The third kappa shape index (κ3) is 3.62. The van der Waals surface area contributed by atoms with Crippen LogP contribution in [0.5, 0.6) is 0 Å². The van der Waals surface area contributed by atoms with E-state index < -0.39 is 5.54 Å². The average molecular weight is 391 g/mol. The van der Waals surface area contributed by atoms with E-state index >= 15 is 0 Å². The van der Waals surface area contributed by atoms with Crippen molar-refractivity contribution in [3.8, 4) is 0 Å². The second-order valence-corrected chi connectivity index (χ2v) is 8.09. The number of nitrogens with zero attached hydrogens (tertiary/aromatic N) is 2. The van der Waals surface area contributed by atoms with Crippen LogP contribution in [0.15, 0.2) is 48.5 Å². The van der Waals surface area contributed by atoms with Crippen molar-refractivity contribution in [3.63, 3.8) is 0 Å². The van der Waals surface area contributed by atoms with Crippen molar-refractivity contribution in [3.05, 3.63) is 70.8 Å². The van der Waals surface area contributed by atoms with Crippen LogP contribution in [-0.2, 0) is 11.3 Å². The maximum absolute atomic E-state index is 13.2. The van der Waals surface area contributed by atoms with Gasteiger partial charge < -0.3 is 10.2 Å². The number of hydrogen-bond acceptors (Lipinski definition) is 3. The standard InChI is InChI=1S/C23H25N3O3/c1-16-4-8-18(9-5-16)14-26-21(28)23(24-22(26)29)12-3-13-25(15-23)20(27)19-10-6-17(2)7-11-19/h4-11H,3,12-15H2,1-2H3,(H,24,29)/t23-/m0/s1. The molecule has 6 nitrogen and oxygen atoms in total. The van der Waals surface area contributed by atoms with Crippen LogP contribution in [0.3, 0.4) is 0 Å². The molecule has 0 radical (unpaired) electrons. The highest BCUT2D eigenvalue weighted by atomic mass is 16.2. The molecule has 1 atom stereocenters. The smallest absolute Gasteiger partial charge is 0.325 e. The number of rotatable bonds is 3. The van der Waals surface area contributed by atoms with Gasteiger partial charge >= 0.3 is 6.03 Å². The molecule has 2 saturated heterocycles. The van der Waals surface area contributed by atoms with Gasteiger partial charge in [0.05, 0.1) is 13.1 Å². The lowest BCUT2D eigenvalue weighted by atomic mass is 9.88. The average Bonchev–Trinajstić information content (AvgIpc) is 2.93. The Morgan fingerprint density at radius 3 is 2.28 bits per heavy atom. The Hall–Kier alpha value is -3.15. The van der Waals surface area contributed by atoms with Crippen LogP contribution in [0.2, 0.25) is 0 Å². The minimum Gasteiger partial charge on any atom is -0.336 e. The van der Waals surface area contributed by atoms with Crippen molar-refractivity contribution in [2.45, 2.75) is 38.8 Å². The molecule has 0 saturated carbocycles. The maximum atomic E-state index is 13.2. The number of carbonyl (C=O) groups is 3. The lowest BCUT2D eigenvalue weighted by molar-refractivity contribution is -0.133. The van der Waals surface area contributed by atoms with Gasteiger partial charge in [0.2, 0.25) is 0 Å². The van der Waals surface area contributed by atoms with Crippen LogP contribution >= 0.6 is 0 Å². The first-order valence-corrected chi connectivity index (χ1v) is 9.94. The van der Waals surface area contributed by atoms with Crippen molar-refractivity contribution >= 4 is 17.8 Å². The van der Waals surface area contributed by atoms with Crippen molar-refractivity contribution in [1.29, 1.82) is 0 Å². The normalized spacial score (nSPS) is 21.6. The zero-order valence-electron chi connectivity index (χ0n) is 16.8. The summed E-state index contributed by atoms with van der Waals surface area (Å²) in [4.78, 5) is 41.7. The summed E-state index contributed by atoms with van der Waals surface area (Å²) in [6.07, 6.45) is 1.21. The summed E-state index contributed by atoms with van der Waals surface area (Å²) in [5.74, 6) is -0.354. The lowest BCUT2D eigenvalue weighted by Crippen LogP contribution is -2.59. The molecular weight excluding hydrogens is 366 g/mol. The summed E-state index contributed by atoms with van der Waals surface area (Å²) < 4.78 is 0. The third-order valence-electron chi connectivity index (χ3n) is 5.79. The minimum atomic E-state index is -1.03. The number of aryl methyl sites for hydroxylation is 2. The number of urea groups is 1. The largest absolute Gasteiger partial charge is 0.336 e. The molecule has 4 rings (SSSR count). The molecule has 2 aliphatic rings. The molecule has 6 heteroatoms. The van der Waals surface area contributed by atoms with Gasteiger partial charge in [-0.15, -0.1) is 0 Å². The second kappa shape index (κ2) is 7.35. The van der Waals surface area contributed by atoms with E-state index in [1.54, 1.807) is 17.0 Å². The summed E-state index contributed by atoms with van der Waals surface area (Å²) in [5.41, 5.74) is 2.68. The molecule has 0 aliphatic carbocycles. The van der Waals surface area contributed by atoms with E-state index in [4.69, 9.17) is 0 Å². The monoisotopic (exact) mass is 391 g/mol. The van der Waals surface area contributed by atoms with Crippen LogP contribution in [-0.4, -0.2) is 46.3 Å². The molecule has 2 aliphatic heterocycles. The first-order valence-electron chi connectivity index (χ1n) is 9.94. The fourth-order valence-electron chi connectivity index (χ4n) is 4.08. The van der Waals surface area contributed by atoms with Gasteiger partial charge in [-0.1, -0.05) is 47.5 Å². The number of piperidine rings is 1. The summed E-state index contributed by atoms with van der Waals surface area (Å²) in [5, 5.41) is 2.89. The third-order valence-corrected chi connectivity index (χ3v) is 5.79. The van der Waals surface area contributed by atoms with Gasteiger partial charge in [-0.2, -0.15) is 0 Å². The van der Waals surface area contributed by atoms with E-state index in [0.29, 0.717) is 24.9 Å². The van der Waals surface area contributed by atoms with Crippen molar-refractivity contribution in [2.75, 3.05) is 13.1 Å². The molecule has 2 aromatic carbocycles. The molecule has 2 aromatic rings. The maximum Gasteiger partial charge on any atom is 0.325 e.